The summed E-state index contributed by atoms with van der Waals surface area (Å²) in [4.78, 5) is 23.4. The molecule has 2 aromatic carbocycles. The molecule has 3 rings (SSSR count). The molecule has 0 aliphatic carbocycles. The van der Waals surface area contributed by atoms with Crippen molar-refractivity contribution < 1.29 is 14.5 Å². The van der Waals surface area contributed by atoms with Crippen molar-refractivity contribution in [2.75, 3.05) is 18.5 Å². The Morgan fingerprint density at radius 2 is 2.16 bits per heavy atom. The molecule has 0 atom stereocenters. The summed E-state index contributed by atoms with van der Waals surface area (Å²) in [5.41, 5.74) is 2.15. The second-order valence-electron chi connectivity index (χ2n) is 5.46. The van der Waals surface area contributed by atoms with Gasteiger partial charge >= 0.3 is 6.09 Å². The molecule has 1 aliphatic heterocycles. The molecule has 0 aromatic heterocycles. The lowest BCUT2D eigenvalue weighted by molar-refractivity contribution is -0.384. The topological polar surface area (TPSA) is 108 Å². The molecule has 1 saturated heterocycles. The molecule has 0 spiro atoms. The molecule has 25 heavy (non-hydrogen) atoms. The quantitative estimate of drug-likeness (QED) is 0.662. The normalized spacial score (nSPS) is 13.2. The first-order valence-corrected chi connectivity index (χ1v) is 7.53. The third-order valence-electron chi connectivity index (χ3n) is 3.76. The van der Waals surface area contributed by atoms with E-state index in [1.807, 2.05) is 30.3 Å². The average molecular weight is 338 g/mol. The summed E-state index contributed by atoms with van der Waals surface area (Å²) in [6.07, 6.45) is -0.333. The molecular formula is C17H14N4O4. The van der Waals surface area contributed by atoms with E-state index in [-0.39, 0.29) is 17.3 Å². The highest BCUT2D eigenvalue weighted by atomic mass is 16.6. The minimum atomic E-state index is -0.541. The minimum Gasteiger partial charge on any atom is -0.448 e. The smallest absolute Gasteiger partial charge is 0.410 e. The van der Waals surface area contributed by atoms with Crippen molar-refractivity contribution >= 4 is 23.2 Å². The van der Waals surface area contributed by atoms with Gasteiger partial charge in [0.15, 0.2) is 0 Å². The number of amides is 1. The number of nitro benzene ring substituents is 1. The van der Waals surface area contributed by atoms with Crippen LogP contribution in [0.2, 0.25) is 0 Å². The predicted octanol–water partition coefficient (Wildman–Crippen LogP) is 3.16. The molecule has 0 unspecified atom stereocenters. The number of rotatable bonds is 5. The SMILES string of the molecule is N#Cc1cc([N+](=O)[O-])ccc1Nc1cccc(CN2CCOC2=O)c1. The first-order chi connectivity index (χ1) is 12.1. The third kappa shape index (κ3) is 3.67. The Hall–Kier alpha value is -3.60. The number of non-ortho nitro benzene ring substituents is 1. The second-order valence-corrected chi connectivity index (χ2v) is 5.46. The van der Waals surface area contributed by atoms with E-state index in [1.54, 1.807) is 4.90 Å². The Morgan fingerprint density at radius 1 is 1.32 bits per heavy atom. The number of nitrogens with zero attached hydrogens (tertiary/aromatic N) is 3. The number of carbonyl (C=O) groups is 1. The maximum atomic E-state index is 11.5. The van der Waals surface area contributed by atoms with E-state index in [9.17, 15) is 20.2 Å². The fourth-order valence-electron chi connectivity index (χ4n) is 2.54. The van der Waals surface area contributed by atoms with E-state index in [4.69, 9.17) is 4.74 Å². The van der Waals surface area contributed by atoms with Gasteiger partial charge in [-0.05, 0) is 23.8 Å². The first kappa shape index (κ1) is 16.3. The van der Waals surface area contributed by atoms with E-state index >= 15 is 0 Å². The first-order valence-electron chi connectivity index (χ1n) is 7.53. The van der Waals surface area contributed by atoms with Crippen LogP contribution in [0, 0.1) is 21.4 Å². The number of cyclic esters (lactones) is 1. The molecule has 1 heterocycles. The van der Waals surface area contributed by atoms with Crippen LogP contribution >= 0.6 is 0 Å². The number of hydrogen-bond acceptors (Lipinski definition) is 6. The van der Waals surface area contributed by atoms with E-state index in [0.717, 1.165) is 11.3 Å². The molecule has 0 bridgehead atoms. The van der Waals surface area contributed by atoms with Crippen molar-refractivity contribution in [3.63, 3.8) is 0 Å². The van der Waals surface area contributed by atoms with Crippen LogP contribution in [-0.4, -0.2) is 29.1 Å². The van der Waals surface area contributed by atoms with Gasteiger partial charge in [-0.2, -0.15) is 5.26 Å². The molecule has 1 amide bonds. The molecule has 1 fully saturated rings. The number of nitro groups is 1. The van der Waals surface area contributed by atoms with Gasteiger partial charge in [0.05, 0.1) is 22.7 Å². The average Bonchev–Trinajstić information content (AvgIpc) is 3.00. The van der Waals surface area contributed by atoms with Crippen LogP contribution in [0.5, 0.6) is 0 Å². The maximum absolute atomic E-state index is 11.5. The molecule has 8 heteroatoms. The Balaban J connectivity index is 1.79. The van der Waals surface area contributed by atoms with Gasteiger partial charge in [0.25, 0.3) is 5.69 Å². The van der Waals surface area contributed by atoms with Gasteiger partial charge in [-0.25, -0.2) is 4.79 Å². The summed E-state index contributed by atoms with van der Waals surface area (Å²) in [6, 6.07) is 13.4. The van der Waals surface area contributed by atoms with Crippen LogP contribution in [0.4, 0.5) is 21.9 Å². The van der Waals surface area contributed by atoms with Crippen LogP contribution in [0.15, 0.2) is 42.5 Å². The summed E-state index contributed by atoms with van der Waals surface area (Å²) in [5, 5.41) is 23.1. The van der Waals surface area contributed by atoms with Crippen LogP contribution in [-0.2, 0) is 11.3 Å². The van der Waals surface area contributed by atoms with Crippen LogP contribution in [0.25, 0.3) is 0 Å². The van der Waals surface area contributed by atoms with Crippen LogP contribution in [0.1, 0.15) is 11.1 Å². The highest BCUT2D eigenvalue weighted by molar-refractivity contribution is 5.70. The van der Waals surface area contributed by atoms with E-state index in [1.165, 1.54) is 18.2 Å². The Kier molecular flexibility index (Phi) is 4.48. The van der Waals surface area contributed by atoms with E-state index in [0.29, 0.717) is 25.4 Å². The monoisotopic (exact) mass is 338 g/mol. The number of carbonyl (C=O) groups excluding carboxylic acids is 1. The van der Waals surface area contributed by atoms with Crippen molar-refractivity contribution in [1.82, 2.24) is 4.90 Å². The van der Waals surface area contributed by atoms with E-state index in [2.05, 4.69) is 5.32 Å². The Morgan fingerprint density at radius 3 is 2.84 bits per heavy atom. The Bertz CT molecular complexity index is 875. The molecular weight excluding hydrogens is 324 g/mol. The molecule has 0 saturated carbocycles. The van der Waals surface area contributed by atoms with Crippen LogP contribution < -0.4 is 5.32 Å². The van der Waals surface area contributed by atoms with Gasteiger partial charge in [0.2, 0.25) is 0 Å². The van der Waals surface area contributed by atoms with Crippen molar-refractivity contribution in [2.24, 2.45) is 0 Å². The summed E-state index contributed by atoms with van der Waals surface area (Å²) in [5.74, 6) is 0. The van der Waals surface area contributed by atoms with Gasteiger partial charge in [-0.1, -0.05) is 12.1 Å². The number of nitrogens with one attached hydrogen (secondary N) is 1. The lowest BCUT2D eigenvalue weighted by Gasteiger charge is -2.14. The summed E-state index contributed by atoms with van der Waals surface area (Å²) in [6.45, 7) is 1.38. The number of hydrogen-bond donors (Lipinski definition) is 1. The molecule has 1 N–H and O–H groups in total. The molecule has 1 aliphatic rings. The summed E-state index contributed by atoms with van der Waals surface area (Å²) < 4.78 is 4.90. The molecule has 2 aromatic rings. The summed E-state index contributed by atoms with van der Waals surface area (Å²) >= 11 is 0. The number of ether oxygens (including phenoxy) is 1. The largest absolute Gasteiger partial charge is 0.448 e. The number of anilines is 2. The fourth-order valence-corrected chi connectivity index (χ4v) is 2.54. The van der Waals surface area contributed by atoms with Gasteiger partial charge in [-0.3, -0.25) is 10.1 Å². The molecule has 8 nitrogen and oxygen atoms in total. The maximum Gasteiger partial charge on any atom is 0.410 e. The number of benzene rings is 2. The van der Waals surface area contributed by atoms with Crippen LogP contribution in [0.3, 0.4) is 0 Å². The third-order valence-corrected chi connectivity index (χ3v) is 3.76. The van der Waals surface area contributed by atoms with Gasteiger partial charge in [0, 0.05) is 24.4 Å². The van der Waals surface area contributed by atoms with E-state index < -0.39 is 4.92 Å². The van der Waals surface area contributed by atoms with Crippen molar-refractivity contribution in [2.45, 2.75) is 6.54 Å². The summed E-state index contributed by atoms with van der Waals surface area (Å²) in [7, 11) is 0. The predicted molar refractivity (Wildman–Crippen MR) is 89.3 cm³/mol. The zero-order valence-electron chi connectivity index (χ0n) is 13.1. The van der Waals surface area contributed by atoms with Gasteiger partial charge < -0.3 is 15.0 Å². The Labute approximate surface area is 143 Å². The van der Waals surface area contributed by atoms with Gasteiger partial charge in [-0.15, -0.1) is 0 Å². The molecule has 0 radical (unpaired) electrons. The lowest BCUT2D eigenvalue weighted by Crippen LogP contribution is -2.23. The zero-order chi connectivity index (χ0) is 17.8. The minimum absolute atomic E-state index is 0.136. The van der Waals surface area contributed by atoms with Crippen molar-refractivity contribution in [3.05, 3.63) is 63.7 Å². The highest BCUT2D eigenvalue weighted by Gasteiger charge is 2.21. The lowest BCUT2D eigenvalue weighted by atomic mass is 10.1. The van der Waals surface area contributed by atoms with Gasteiger partial charge in [0.1, 0.15) is 12.7 Å². The highest BCUT2D eigenvalue weighted by Crippen LogP contribution is 2.25. The fraction of sp³-hybridized carbons (Fsp3) is 0.176. The van der Waals surface area contributed by atoms with Crippen molar-refractivity contribution in [1.29, 1.82) is 5.26 Å². The molecule has 126 valence electrons. The second kappa shape index (κ2) is 6.88. The number of nitriles is 1. The zero-order valence-corrected chi connectivity index (χ0v) is 13.1. The standard InChI is InChI=1S/C17H14N4O4/c18-10-13-9-15(21(23)24)4-5-16(13)19-14-3-1-2-12(8-14)11-20-6-7-25-17(20)22/h1-5,8-9,19H,6-7,11H2. The van der Waals surface area contributed by atoms with Crippen molar-refractivity contribution in [3.8, 4) is 6.07 Å².